The summed E-state index contributed by atoms with van der Waals surface area (Å²) in [7, 11) is 0. The summed E-state index contributed by atoms with van der Waals surface area (Å²) in [6.45, 7) is 3.65. The molecular formula is C13H16N4O3. The van der Waals surface area contributed by atoms with Crippen LogP contribution in [0.2, 0.25) is 0 Å². The minimum Gasteiger partial charge on any atom is -0.277 e. The Morgan fingerprint density at radius 1 is 1.35 bits per heavy atom. The van der Waals surface area contributed by atoms with Gasteiger partial charge in [0.1, 0.15) is 11.7 Å². The van der Waals surface area contributed by atoms with Crippen LogP contribution in [0, 0.1) is 12.8 Å². The molecule has 7 heteroatoms. The number of urea groups is 1. The highest BCUT2D eigenvalue weighted by molar-refractivity contribution is 6.16. The van der Waals surface area contributed by atoms with Gasteiger partial charge in [-0.15, -0.1) is 0 Å². The van der Waals surface area contributed by atoms with Gasteiger partial charge >= 0.3 is 6.03 Å². The first-order valence-corrected chi connectivity index (χ1v) is 6.47. The highest BCUT2D eigenvalue weighted by Crippen LogP contribution is 2.17. The first-order chi connectivity index (χ1) is 9.52. The fraction of sp³-hybridized carbons (Fsp3) is 0.462. The summed E-state index contributed by atoms with van der Waals surface area (Å²) < 4.78 is 0. The van der Waals surface area contributed by atoms with Crippen LogP contribution < -0.4 is 5.32 Å². The van der Waals surface area contributed by atoms with E-state index in [2.05, 4.69) is 15.3 Å². The Labute approximate surface area is 116 Å². The predicted octanol–water partition coefficient (Wildman–Crippen LogP) is 0.780. The summed E-state index contributed by atoms with van der Waals surface area (Å²) in [4.78, 5) is 44.8. The average molecular weight is 276 g/mol. The van der Waals surface area contributed by atoms with Crippen molar-refractivity contribution in [2.75, 3.05) is 0 Å². The van der Waals surface area contributed by atoms with Crippen LogP contribution in [-0.4, -0.2) is 32.7 Å². The molecule has 1 atom stereocenters. The lowest BCUT2D eigenvalue weighted by Crippen LogP contribution is -2.57. The number of carbonyl (C=O) groups is 3. The fourth-order valence-electron chi connectivity index (χ4n) is 2.11. The van der Waals surface area contributed by atoms with E-state index >= 15 is 0 Å². The van der Waals surface area contributed by atoms with Gasteiger partial charge in [0.15, 0.2) is 0 Å². The van der Waals surface area contributed by atoms with Gasteiger partial charge in [0.2, 0.25) is 11.8 Å². The van der Waals surface area contributed by atoms with E-state index in [1.165, 1.54) is 0 Å². The quantitative estimate of drug-likeness (QED) is 0.820. The Morgan fingerprint density at radius 2 is 2.10 bits per heavy atom. The van der Waals surface area contributed by atoms with E-state index in [0.29, 0.717) is 24.4 Å². The molecule has 4 amide bonds. The molecule has 1 aliphatic rings. The average Bonchev–Trinajstić information content (AvgIpc) is 2.39. The molecule has 2 heterocycles. The Hall–Kier alpha value is -2.31. The van der Waals surface area contributed by atoms with Gasteiger partial charge in [0.05, 0.1) is 12.2 Å². The number of rotatable bonds is 4. The Balaban J connectivity index is 2.19. The fourth-order valence-corrected chi connectivity index (χ4v) is 2.11. The highest BCUT2D eigenvalue weighted by atomic mass is 16.2. The largest absolute Gasteiger partial charge is 0.331 e. The summed E-state index contributed by atoms with van der Waals surface area (Å²) >= 11 is 0. The minimum atomic E-state index is -0.791. The first kappa shape index (κ1) is 14.1. The SMILES string of the molecule is CCCC1C(=O)NC(=O)N(Cc2ccnc(C)n2)C1=O. The molecule has 1 fully saturated rings. The number of barbiturate groups is 1. The number of aryl methyl sites for hydroxylation is 1. The molecular weight excluding hydrogens is 260 g/mol. The molecule has 1 unspecified atom stereocenters. The van der Waals surface area contributed by atoms with Crippen LogP contribution in [0.15, 0.2) is 12.3 Å². The molecule has 0 bridgehead atoms. The van der Waals surface area contributed by atoms with E-state index in [9.17, 15) is 14.4 Å². The lowest BCUT2D eigenvalue weighted by molar-refractivity contribution is -0.143. The van der Waals surface area contributed by atoms with Gasteiger partial charge in [-0.1, -0.05) is 13.3 Å². The number of nitrogens with zero attached hydrogens (tertiary/aromatic N) is 3. The first-order valence-electron chi connectivity index (χ1n) is 6.47. The van der Waals surface area contributed by atoms with Gasteiger partial charge in [-0.3, -0.25) is 19.8 Å². The van der Waals surface area contributed by atoms with Gasteiger partial charge < -0.3 is 0 Å². The van der Waals surface area contributed by atoms with Crippen molar-refractivity contribution in [3.05, 3.63) is 23.8 Å². The predicted molar refractivity (Wildman–Crippen MR) is 69.3 cm³/mol. The summed E-state index contributed by atoms with van der Waals surface area (Å²) in [6.07, 6.45) is 2.69. The third kappa shape index (κ3) is 2.81. The molecule has 1 saturated heterocycles. The number of imide groups is 2. The van der Waals surface area contributed by atoms with Crippen LogP contribution in [0.25, 0.3) is 0 Å². The topological polar surface area (TPSA) is 92.3 Å². The van der Waals surface area contributed by atoms with E-state index in [4.69, 9.17) is 0 Å². The zero-order valence-corrected chi connectivity index (χ0v) is 11.4. The molecule has 0 spiro atoms. The molecule has 0 aliphatic carbocycles. The molecule has 1 aliphatic heterocycles. The van der Waals surface area contributed by atoms with Crippen LogP contribution >= 0.6 is 0 Å². The van der Waals surface area contributed by atoms with Crippen LogP contribution in [0.3, 0.4) is 0 Å². The minimum absolute atomic E-state index is 0.0432. The number of hydrogen-bond acceptors (Lipinski definition) is 5. The summed E-state index contributed by atoms with van der Waals surface area (Å²) in [5.41, 5.74) is 0.561. The lowest BCUT2D eigenvalue weighted by Gasteiger charge is -2.29. The summed E-state index contributed by atoms with van der Waals surface area (Å²) in [5, 5.41) is 2.21. The van der Waals surface area contributed by atoms with Gasteiger partial charge in [-0.2, -0.15) is 0 Å². The molecule has 0 saturated carbocycles. The second-order valence-corrected chi connectivity index (χ2v) is 4.66. The molecule has 0 radical (unpaired) electrons. The van der Waals surface area contributed by atoms with E-state index in [1.54, 1.807) is 19.2 Å². The van der Waals surface area contributed by atoms with E-state index in [0.717, 1.165) is 4.90 Å². The second kappa shape index (κ2) is 5.77. The van der Waals surface area contributed by atoms with Crippen molar-refractivity contribution in [2.45, 2.75) is 33.2 Å². The molecule has 106 valence electrons. The van der Waals surface area contributed by atoms with Gasteiger partial charge in [0, 0.05) is 6.20 Å². The van der Waals surface area contributed by atoms with Crippen molar-refractivity contribution in [1.82, 2.24) is 20.2 Å². The van der Waals surface area contributed by atoms with Crippen LogP contribution in [0.4, 0.5) is 4.79 Å². The van der Waals surface area contributed by atoms with Crippen molar-refractivity contribution in [3.8, 4) is 0 Å². The molecule has 1 N–H and O–H groups in total. The molecule has 7 nitrogen and oxygen atoms in total. The third-order valence-electron chi connectivity index (χ3n) is 3.09. The van der Waals surface area contributed by atoms with Gasteiger partial charge in [-0.25, -0.2) is 14.8 Å². The van der Waals surface area contributed by atoms with Crippen molar-refractivity contribution < 1.29 is 14.4 Å². The number of hydrogen-bond donors (Lipinski definition) is 1. The van der Waals surface area contributed by atoms with Gasteiger partial charge in [0.25, 0.3) is 0 Å². The third-order valence-corrected chi connectivity index (χ3v) is 3.09. The smallest absolute Gasteiger partial charge is 0.277 e. The highest BCUT2D eigenvalue weighted by Gasteiger charge is 2.39. The monoisotopic (exact) mass is 276 g/mol. The number of nitrogens with one attached hydrogen (secondary N) is 1. The van der Waals surface area contributed by atoms with E-state index in [1.807, 2.05) is 6.92 Å². The Kier molecular flexibility index (Phi) is 4.07. The molecule has 1 aromatic rings. The zero-order valence-electron chi connectivity index (χ0n) is 11.4. The molecule has 2 rings (SSSR count). The molecule has 20 heavy (non-hydrogen) atoms. The van der Waals surface area contributed by atoms with Gasteiger partial charge in [-0.05, 0) is 19.4 Å². The standard InChI is InChI=1S/C13H16N4O3/c1-3-4-10-11(18)16-13(20)17(12(10)19)7-9-5-6-14-8(2)15-9/h5-6,10H,3-4,7H2,1-2H3,(H,16,18,20). The van der Waals surface area contributed by atoms with Crippen LogP contribution in [0.1, 0.15) is 31.3 Å². The Morgan fingerprint density at radius 3 is 2.75 bits per heavy atom. The summed E-state index contributed by atoms with van der Waals surface area (Å²) in [6, 6.07) is 0.947. The van der Waals surface area contributed by atoms with Crippen LogP contribution in [-0.2, 0) is 16.1 Å². The maximum absolute atomic E-state index is 12.2. The van der Waals surface area contributed by atoms with Crippen molar-refractivity contribution >= 4 is 17.8 Å². The van der Waals surface area contributed by atoms with Crippen molar-refractivity contribution in [3.63, 3.8) is 0 Å². The maximum atomic E-state index is 12.2. The Bertz CT molecular complexity index is 558. The van der Waals surface area contributed by atoms with Crippen molar-refractivity contribution in [2.24, 2.45) is 5.92 Å². The number of amides is 4. The lowest BCUT2D eigenvalue weighted by atomic mass is 9.99. The summed E-state index contributed by atoms with van der Waals surface area (Å²) in [5.74, 6) is -1.21. The van der Waals surface area contributed by atoms with E-state index < -0.39 is 23.8 Å². The van der Waals surface area contributed by atoms with Crippen LogP contribution in [0.5, 0.6) is 0 Å². The molecule has 1 aromatic heterocycles. The number of carbonyl (C=O) groups excluding carboxylic acids is 3. The van der Waals surface area contributed by atoms with Crippen molar-refractivity contribution in [1.29, 1.82) is 0 Å². The zero-order chi connectivity index (χ0) is 14.7. The molecule has 0 aromatic carbocycles. The number of aromatic nitrogens is 2. The second-order valence-electron chi connectivity index (χ2n) is 4.66. The van der Waals surface area contributed by atoms with E-state index in [-0.39, 0.29) is 6.54 Å². The normalized spacial score (nSPS) is 19.2. The maximum Gasteiger partial charge on any atom is 0.331 e.